The molecule has 1 heterocycles. The Hall–Kier alpha value is -3.19. The van der Waals surface area contributed by atoms with Crippen molar-refractivity contribution < 1.29 is 0 Å². The second-order valence-corrected chi connectivity index (χ2v) is 3.85. The maximum Gasteiger partial charge on any atom is 0.237 e. The number of aromatic nitrogens is 3. The number of hydrazone groups is 1. The highest BCUT2D eigenvalue weighted by molar-refractivity contribution is 6.10. The third kappa shape index (κ3) is 2.98. The van der Waals surface area contributed by atoms with Gasteiger partial charge in [-0.15, -0.1) is 5.10 Å². The van der Waals surface area contributed by atoms with Gasteiger partial charge in [-0.25, -0.2) is 4.68 Å². The minimum atomic E-state index is -0.224. The maximum atomic E-state index is 8.56. The fourth-order valence-electron chi connectivity index (χ4n) is 1.47. The van der Waals surface area contributed by atoms with Gasteiger partial charge in [-0.2, -0.15) is 15.6 Å². The molecule has 20 heavy (non-hydrogen) atoms. The molecule has 0 fully saturated rings. The van der Waals surface area contributed by atoms with E-state index in [4.69, 9.17) is 10.5 Å². The number of hydrogen-bond donors (Lipinski definition) is 1. The van der Waals surface area contributed by atoms with E-state index in [-0.39, 0.29) is 5.71 Å². The highest BCUT2D eigenvalue weighted by Crippen LogP contribution is 2.13. The Morgan fingerprint density at radius 2 is 2.00 bits per heavy atom. The third-order valence-corrected chi connectivity index (χ3v) is 2.54. The predicted octanol–water partition coefficient (Wildman–Crippen LogP) is 1.64. The monoisotopic (exact) mass is 265 g/mol. The van der Waals surface area contributed by atoms with Crippen molar-refractivity contribution in [1.82, 2.24) is 15.0 Å². The second-order valence-electron chi connectivity index (χ2n) is 3.85. The zero-order valence-electron chi connectivity index (χ0n) is 10.8. The minimum Gasteiger partial charge on any atom is -0.277 e. The first-order valence-corrected chi connectivity index (χ1v) is 5.92. The van der Waals surface area contributed by atoms with Gasteiger partial charge in [0.25, 0.3) is 0 Å². The van der Waals surface area contributed by atoms with Crippen LogP contribution in [0.25, 0.3) is 5.69 Å². The third-order valence-electron chi connectivity index (χ3n) is 2.54. The van der Waals surface area contributed by atoms with Gasteiger partial charge in [-0.05, 0) is 30.7 Å². The fourth-order valence-corrected chi connectivity index (χ4v) is 1.47. The van der Waals surface area contributed by atoms with E-state index < -0.39 is 0 Å². The molecule has 0 radical (unpaired) electrons. The summed E-state index contributed by atoms with van der Waals surface area (Å²) in [4.78, 5) is 0. The molecule has 7 nitrogen and oxygen atoms in total. The zero-order valence-corrected chi connectivity index (χ0v) is 10.8. The smallest absolute Gasteiger partial charge is 0.237 e. The van der Waals surface area contributed by atoms with Crippen LogP contribution in [0.1, 0.15) is 12.6 Å². The summed E-state index contributed by atoms with van der Waals surface area (Å²) in [7, 11) is 0. The molecule has 7 heteroatoms. The van der Waals surface area contributed by atoms with Crippen LogP contribution in [0, 0.1) is 22.7 Å². The molecule has 98 valence electrons. The Balaban J connectivity index is 2.13. The van der Waals surface area contributed by atoms with Crippen molar-refractivity contribution in [2.75, 3.05) is 5.43 Å². The van der Waals surface area contributed by atoms with Gasteiger partial charge in [0.15, 0.2) is 0 Å². The molecular weight excluding hydrogens is 254 g/mol. The molecule has 0 bridgehead atoms. The number of nitrogens with one attached hydrogen (secondary N) is 1. The molecule has 2 rings (SSSR count). The summed E-state index contributed by atoms with van der Waals surface area (Å²) in [6, 6.07) is 10.6. The summed E-state index contributed by atoms with van der Waals surface area (Å²) >= 11 is 0. The quantitative estimate of drug-likeness (QED) is 0.668. The van der Waals surface area contributed by atoms with Gasteiger partial charge in [0.2, 0.25) is 5.71 Å². The normalized spacial score (nSPS) is 9.35. The summed E-state index contributed by atoms with van der Waals surface area (Å²) in [5.74, 6) is 0. The van der Waals surface area contributed by atoms with Crippen LogP contribution >= 0.6 is 0 Å². The van der Waals surface area contributed by atoms with Gasteiger partial charge in [0.1, 0.15) is 12.1 Å². The SMILES string of the molecule is CCc1cn(-c2ccc(NN=C(C#N)C#N)cc2)nn1. The van der Waals surface area contributed by atoms with Crippen molar-refractivity contribution >= 4 is 11.4 Å². The van der Waals surface area contributed by atoms with E-state index in [2.05, 4.69) is 20.8 Å². The van der Waals surface area contributed by atoms with E-state index in [9.17, 15) is 0 Å². The van der Waals surface area contributed by atoms with Crippen LogP contribution in [0.3, 0.4) is 0 Å². The number of nitrogens with zero attached hydrogens (tertiary/aromatic N) is 6. The van der Waals surface area contributed by atoms with Gasteiger partial charge < -0.3 is 0 Å². The molecule has 0 spiro atoms. The molecular formula is C13H11N7. The van der Waals surface area contributed by atoms with Gasteiger partial charge in [0.05, 0.1) is 23.3 Å². The van der Waals surface area contributed by atoms with Crippen LogP contribution < -0.4 is 5.43 Å². The van der Waals surface area contributed by atoms with Crippen molar-refractivity contribution in [3.05, 3.63) is 36.2 Å². The molecule has 0 atom stereocenters. The van der Waals surface area contributed by atoms with Crippen molar-refractivity contribution in [3.8, 4) is 17.8 Å². The summed E-state index contributed by atoms with van der Waals surface area (Å²) in [5.41, 5.74) is 4.88. The number of aryl methyl sites for hydroxylation is 1. The van der Waals surface area contributed by atoms with E-state index in [1.807, 2.05) is 25.3 Å². The van der Waals surface area contributed by atoms with E-state index in [1.165, 1.54) is 0 Å². The summed E-state index contributed by atoms with van der Waals surface area (Å²) in [6.45, 7) is 2.02. The molecule has 0 aliphatic carbocycles. The van der Waals surface area contributed by atoms with Crippen molar-refractivity contribution in [2.24, 2.45) is 5.10 Å². The Morgan fingerprint density at radius 1 is 1.30 bits per heavy atom. The molecule has 0 saturated heterocycles. The van der Waals surface area contributed by atoms with Crippen molar-refractivity contribution in [3.63, 3.8) is 0 Å². The summed E-state index contributed by atoms with van der Waals surface area (Å²) in [5, 5.41) is 28.8. The van der Waals surface area contributed by atoms with Crippen LogP contribution in [0.4, 0.5) is 5.69 Å². The summed E-state index contributed by atoms with van der Waals surface area (Å²) in [6.07, 6.45) is 2.70. The largest absolute Gasteiger partial charge is 0.277 e. The van der Waals surface area contributed by atoms with Crippen LogP contribution in [0.15, 0.2) is 35.6 Å². The lowest BCUT2D eigenvalue weighted by Gasteiger charge is -2.02. The first-order valence-electron chi connectivity index (χ1n) is 5.92. The van der Waals surface area contributed by atoms with E-state index in [0.29, 0.717) is 5.69 Å². The average molecular weight is 265 g/mol. The average Bonchev–Trinajstić information content (AvgIpc) is 2.98. The van der Waals surface area contributed by atoms with Crippen molar-refractivity contribution in [2.45, 2.75) is 13.3 Å². The van der Waals surface area contributed by atoms with Gasteiger partial charge in [0, 0.05) is 0 Å². The first-order chi connectivity index (χ1) is 9.76. The molecule has 1 aromatic heterocycles. The maximum absolute atomic E-state index is 8.56. The Morgan fingerprint density at radius 3 is 2.55 bits per heavy atom. The Kier molecular flexibility index (Phi) is 4.05. The lowest BCUT2D eigenvalue weighted by atomic mass is 10.3. The van der Waals surface area contributed by atoms with Gasteiger partial charge in [-0.1, -0.05) is 12.1 Å². The number of rotatable bonds is 4. The highest BCUT2D eigenvalue weighted by atomic mass is 15.4. The minimum absolute atomic E-state index is 0.224. The number of benzene rings is 1. The van der Waals surface area contributed by atoms with Crippen LogP contribution in [0.2, 0.25) is 0 Å². The van der Waals surface area contributed by atoms with Crippen LogP contribution in [0.5, 0.6) is 0 Å². The fraction of sp³-hybridized carbons (Fsp3) is 0.154. The lowest BCUT2D eigenvalue weighted by molar-refractivity contribution is 0.798. The van der Waals surface area contributed by atoms with Crippen molar-refractivity contribution in [1.29, 1.82) is 10.5 Å². The van der Waals surface area contributed by atoms with E-state index >= 15 is 0 Å². The predicted molar refractivity (Wildman–Crippen MR) is 73.0 cm³/mol. The molecule has 0 aliphatic heterocycles. The summed E-state index contributed by atoms with van der Waals surface area (Å²) < 4.78 is 1.68. The van der Waals surface area contributed by atoms with Gasteiger partial charge >= 0.3 is 0 Å². The Bertz CT molecular complexity index is 682. The van der Waals surface area contributed by atoms with Crippen LogP contribution in [-0.2, 0) is 6.42 Å². The van der Waals surface area contributed by atoms with E-state index in [0.717, 1.165) is 17.8 Å². The molecule has 1 aromatic carbocycles. The number of hydrogen-bond acceptors (Lipinski definition) is 6. The second kappa shape index (κ2) is 6.12. The molecule has 2 aromatic rings. The molecule has 0 saturated carbocycles. The van der Waals surface area contributed by atoms with Gasteiger partial charge in [-0.3, -0.25) is 5.43 Å². The van der Waals surface area contributed by atoms with Crippen LogP contribution in [-0.4, -0.2) is 20.7 Å². The topological polar surface area (TPSA) is 103 Å². The zero-order chi connectivity index (χ0) is 14.4. The molecule has 0 unspecified atom stereocenters. The first kappa shape index (κ1) is 13.2. The number of nitriles is 2. The Labute approximate surface area is 115 Å². The lowest BCUT2D eigenvalue weighted by Crippen LogP contribution is -1.98. The highest BCUT2D eigenvalue weighted by Gasteiger charge is 2.01. The van der Waals surface area contributed by atoms with E-state index in [1.54, 1.807) is 29.0 Å². The molecule has 1 N–H and O–H groups in total. The number of anilines is 1. The molecule has 0 aliphatic rings. The molecule has 0 amide bonds. The standard InChI is InChI=1S/C13H11N7/c1-2-10-9-20(19-18-10)13-5-3-11(4-6-13)16-17-12(7-14)8-15/h3-6,9,16H,2H2,1H3.